The molecule has 0 bridgehead atoms. The summed E-state index contributed by atoms with van der Waals surface area (Å²) < 4.78 is 4.94. The number of hydrogen-bond acceptors (Lipinski definition) is 4. The molecule has 0 saturated carbocycles. The van der Waals surface area contributed by atoms with Gasteiger partial charge >= 0.3 is 0 Å². The van der Waals surface area contributed by atoms with E-state index in [2.05, 4.69) is 16.0 Å². The lowest BCUT2D eigenvalue weighted by Crippen LogP contribution is -2.39. The molecule has 0 heterocycles. The Kier molecular flexibility index (Phi) is 6.52. The Morgan fingerprint density at radius 2 is 2.00 bits per heavy atom. The van der Waals surface area contributed by atoms with E-state index in [1.807, 2.05) is 6.92 Å². The average molecular weight is 279 g/mol. The number of benzene rings is 1. The van der Waals surface area contributed by atoms with Crippen LogP contribution in [-0.2, 0) is 9.53 Å². The van der Waals surface area contributed by atoms with Crippen molar-refractivity contribution in [3.05, 3.63) is 29.8 Å². The highest BCUT2D eigenvalue weighted by Gasteiger charge is 2.11. The summed E-state index contributed by atoms with van der Waals surface area (Å²) in [6, 6.07) is 6.99. The van der Waals surface area contributed by atoms with E-state index in [1.54, 1.807) is 38.4 Å². The molecule has 1 aromatic carbocycles. The summed E-state index contributed by atoms with van der Waals surface area (Å²) in [7, 11) is 3.15. The number of para-hydroxylation sites is 1. The van der Waals surface area contributed by atoms with Crippen LogP contribution in [0.25, 0.3) is 0 Å². The average Bonchev–Trinajstić information content (AvgIpc) is 2.44. The van der Waals surface area contributed by atoms with Crippen LogP contribution in [0.5, 0.6) is 0 Å². The third-order valence-electron chi connectivity index (χ3n) is 2.66. The molecule has 0 spiro atoms. The van der Waals surface area contributed by atoms with E-state index < -0.39 is 0 Å². The predicted octanol–water partition coefficient (Wildman–Crippen LogP) is 0.609. The normalized spacial score (nSPS) is 11.6. The predicted molar refractivity (Wildman–Crippen MR) is 77.8 cm³/mol. The second-order valence-electron chi connectivity index (χ2n) is 4.40. The number of carbonyl (C=O) groups excluding carboxylic acids is 2. The van der Waals surface area contributed by atoms with Gasteiger partial charge in [-0.2, -0.15) is 0 Å². The summed E-state index contributed by atoms with van der Waals surface area (Å²) in [5.74, 6) is -0.345. The molecule has 6 heteroatoms. The van der Waals surface area contributed by atoms with Crippen LogP contribution in [0.3, 0.4) is 0 Å². The minimum atomic E-state index is -0.193. The van der Waals surface area contributed by atoms with Crippen LogP contribution in [0, 0.1) is 0 Å². The lowest BCUT2D eigenvalue weighted by Gasteiger charge is -2.14. The molecule has 1 atom stereocenters. The van der Waals surface area contributed by atoms with Gasteiger partial charge in [0.1, 0.15) is 0 Å². The number of nitrogens with one attached hydrogen (secondary N) is 3. The van der Waals surface area contributed by atoms with Gasteiger partial charge < -0.3 is 20.7 Å². The van der Waals surface area contributed by atoms with Crippen LogP contribution in [-0.4, -0.2) is 45.2 Å². The molecule has 0 saturated heterocycles. The third kappa shape index (κ3) is 4.89. The van der Waals surface area contributed by atoms with Crippen LogP contribution in [0.2, 0.25) is 0 Å². The van der Waals surface area contributed by atoms with Gasteiger partial charge in [0.05, 0.1) is 18.7 Å². The fourth-order valence-corrected chi connectivity index (χ4v) is 1.76. The Balaban J connectivity index is 2.57. The van der Waals surface area contributed by atoms with Gasteiger partial charge in [0.25, 0.3) is 5.91 Å². The number of methoxy groups -OCH3 is 1. The SMILES string of the molecule is CNC(=O)c1ccccc1NCC(=O)NC(C)COC. The maximum atomic E-state index is 11.7. The van der Waals surface area contributed by atoms with E-state index in [1.165, 1.54) is 0 Å². The summed E-state index contributed by atoms with van der Waals surface area (Å²) in [5, 5.41) is 8.31. The molecule has 3 N–H and O–H groups in total. The zero-order chi connectivity index (χ0) is 15.0. The van der Waals surface area contributed by atoms with Gasteiger partial charge in [-0.3, -0.25) is 9.59 Å². The number of hydrogen-bond donors (Lipinski definition) is 3. The number of rotatable bonds is 7. The fourth-order valence-electron chi connectivity index (χ4n) is 1.76. The van der Waals surface area contributed by atoms with Gasteiger partial charge in [0.2, 0.25) is 5.91 Å². The number of amides is 2. The minimum Gasteiger partial charge on any atom is -0.383 e. The summed E-state index contributed by atoms with van der Waals surface area (Å²) in [6.45, 7) is 2.42. The first-order valence-electron chi connectivity index (χ1n) is 6.41. The Morgan fingerprint density at radius 3 is 2.65 bits per heavy atom. The highest BCUT2D eigenvalue weighted by atomic mass is 16.5. The first-order chi connectivity index (χ1) is 9.58. The van der Waals surface area contributed by atoms with Gasteiger partial charge in [0, 0.05) is 25.9 Å². The summed E-state index contributed by atoms with van der Waals surface area (Å²) in [6.07, 6.45) is 0. The molecule has 0 aliphatic carbocycles. The van der Waals surface area contributed by atoms with Crippen molar-refractivity contribution in [3.8, 4) is 0 Å². The summed E-state index contributed by atoms with van der Waals surface area (Å²) in [4.78, 5) is 23.4. The van der Waals surface area contributed by atoms with Gasteiger partial charge in [-0.15, -0.1) is 0 Å². The van der Waals surface area contributed by atoms with Crippen molar-refractivity contribution in [1.29, 1.82) is 0 Å². The topological polar surface area (TPSA) is 79.5 Å². The molecule has 1 aromatic rings. The van der Waals surface area contributed by atoms with E-state index >= 15 is 0 Å². The van der Waals surface area contributed by atoms with Crippen molar-refractivity contribution in [1.82, 2.24) is 10.6 Å². The van der Waals surface area contributed by atoms with E-state index in [0.717, 1.165) is 0 Å². The standard InChI is InChI=1S/C14H21N3O3/c1-10(9-20-3)17-13(18)8-16-12-7-5-4-6-11(12)14(19)15-2/h4-7,10,16H,8-9H2,1-3H3,(H,15,19)(H,17,18). The Bertz CT molecular complexity index is 463. The van der Waals surface area contributed by atoms with Gasteiger partial charge in [-0.05, 0) is 19.1 Å². The molecule has 0 fully saturated rings. The zero-order valence-electron chi connectivity index (χ0n) is 12.0. The van der Waals surface area contributed by atoms with Crippen molar-refractivity contribution in [3.63, 3.8) is 0 Å². The first kappa shape index (κ1) is 16.0. The smallest absolute Gasteiger partial charge is 0.253 e. The zero-order valence-corrected chi connectivity index (χ0v) is 12.0. The maximum Gasteiger partial charge on any atom is 0.253 e. The van der Waals surface area contributed by atoms with Crippen molar-refractivity contribution < 1.29 is 14.3 Å². The minimum absolute atomic E-state index is 0.0523. The number of anilines is 1. The molecule has 110 valence electrons. The van der Waals surface area contributed by atoms with Crippen LogP contribution in [0.1, 0.15) is 17.3 Å². The van der Waals surface area contributed by atoms with E-state index in [-0.39, 0.29) is 24.4 Å². The molecule has 1 rings (SSSR count). The number of ether oxygens (including phenoxy) is 1. The monoisotopic (exact) mass is 279 g/mol. The quantitative estimate of drug-likeness (QED) is 0.683. The lowest BCUT2D eigenvalue weighted by atomic mass is 10.1. The highest BCUT2D eigenvalue weighted by Crippen LogP contribution is 2.14. The molecule has 0 aromatic heterocycles. The summed E-state index contributed by atoms with van der Waals surface area (Å²) >= 11 is 0. The molecule has 1 unspecified atom stereocenters. The van der Waals surface area contributed by atoms with Crippen molar-refractivity contribution in [2.45, 2.75) is 13.0 Å². The Morgan fingerprint density at radius 1 is 1.30 bits per heavy atom. The third-order valence-corrected chi connectivity index (χ3v) is 2.66. The second kappa shape index (κ2) is 8.16. The Labute approximate surface area is 118 Å². The van der Waals surface area contributed by atoms with Crippen LogP contribution in [0.4, 0.5) is 5.69 Å². The highest BCUT2D eigenvalue weighted by molar-refractivity contribution is 5.99. The molecular formula is C14H21N3O3. The molecule has 0 aliphatic rings. The van der Waals surface area contributed by atoms with Crippen LogP contribution < -0.4 is 16.0 Å². The first-order valence-corrected chi connectivity index (χ1v) is 6.41. The molecule has 0 aliphatic heterocycles. The van der Waals surface area contributed by atoms with E-state index in [9.17, 15) is 9.59 Å². The Hall–Kier alpha value is -2.08. The van der Waals surface area contributed by atoms with Gasteiger partial charge in [0.15, 0.2) is 0 Å². The fraction of sp³-hybridized carbons (Fsp3) is 0.429. The molecule has 6 nitrogen and oxygen atoms in total. The second-order valence-corrected chi connectivity index (χ2v) is 4.40. The van der Waals surface area contributed by atoms with Crippen LogP contribution in [0.15, 0.2) is 24.3 Å². The molecular weight excluding hydrogens is 258 g/mol. The van der Waals surface area contributed by atoms with Crippen LogP contribution >= 0.6 is 0 Å². The molecule has 2 amide bonds. The summed E-state index contributed by atoms with van der Waals surface area (Å²) in [5.41, 5.74) is 1.13. The van der Waals surface area contributed by atoms with Crippen molar-refractivity contribution in [2.24, 2.45) is 0 Å². The molecule has 0 radical (unpaired) electrons. The van der Waals surface area contributed by atoms with Crippen molar-refractivity contribution in [2.75, 3.05) is 32.6 Å². The lowest BCUT2D eigenvalue weighted by molar-refractivity contribution is -0.120. The maximum absolute atomic E-state index is 11.7. The van der Waals surface area contributed by atoms with Crippen molar-refractivity contribution >= 4 is 17.5 Å². The molecule has 20 heavy (non-hydrogen) atoms. The van der Waals surface area contributed by atoms with E-state index in [4.69, 9.17) is 4.74 Å². The van der Waals surface area contributed by atoms with Gasteiger partial charge in [-0.25, -0.2) is 0 Å². The van der Waals surface area contributed by atoms with Gasteiger partial charge in [-0.1, -0.05) is 12.1 Å². The van der Waals surface area contributed by atoms with E-state index in [0.29, 0.717) is 17.9 Å². The number of carbonyl (C=O) groups is 2. The largest absolute Gasteiger partial charge is 0.383 e.